The van der Waals surface area contributed by atoms with Crippen LogP contribution in [0.15, 0.2) is 46.9 Å². The first-order chi connectivity index (χ1) is 16.9. The van der Waals surface area contributed by atoms with Gasteiger partial charge in [-0.2, -0.15) is 8.78 Å². The van der Waals surface area contributed by atoms with Crippen LogP contribution in [0.25, 0.3) is 11.5 Å². The lowest BCUT2D eigenvalue weighted by Gasteiger charge is -2.37. The Morgan fingerprint density at radius 2 is 1.94 bits per heavy atom. The first-order valence-corrected chi connectivity index (χ1v) is 10.9. The van der Waals surface area contributed by atoms with E-state index in [9.17, 15) is 13.6 Å². The molecule has 12 heteroatoms. The lowest BCUT2D eigenvalue weighted by atomic mass is 10.1. The number of hydrogen-bond donors (Lipinski definition) is 1. The van der Waals surface area contributed by atoms with Crippen LogP contribution in [0, 0.1) is 5.82 Å². The minimum Gasteiger partial charge on any atom is -0.497 e. The van der Waals surface area contributed by atoms with Crippen LogP contribution in [0.2, 0.25) is 0 Å². The van der Waals surface area contributed by atoms with Crippen molar-refractivity contribution < 1.29 is 27.1 Å². The second-order valence-electron chi connectivity index (χ2n) is 7.82. The summed E-state index contributed by atoms with van der Waals surface area (Å²) < 4.78 is 50.8. The highest BCUT2D eigenvalue weighted by atomic mass is 19.3. The van der Waals surface area contributed by atoms with E-state index in [0.29, 0.717) is 37.6 Å². The summed E-state index contributed by atoms with van der Waals surface area (Å²) in [7, 11) is 3.35. The maximum Gasteiger partial charge on any atom is 0.324 e. The predicted molar refractivity (Wildman–Crippen MR) is 121 cm³/mol. The molecule has 2 heterocycles. The van der Waals surface area contributed by atoms with Crippen molar-refractivity contribution in [2.45, 2.75) is 13.0 Å². The van der Waals surface area contributed by atoms with Gasteiger partial charge in [-0.1, -0.05) is 12.1 Å². The van der Waals surface area contributed by atoms with Crippen molar-refractivity contribution in [2.75, 3.05) is 45.2 Å². The van der Waals surface area contributed by atoms with Crippen molar-refractivity contribution in [1.82, 2.24) is 25.5 Å². The Labute approximate surface area is 200 Å². The molecule has 3 aromatic rings. The molecular weight excluding hydrogens is 465 g/mol. The molecule has 1 aliphatic rings. The zero-order chi connectivity index (χ0) is 24.9. The maximum atomic E-state index is 15.1. The van der Waals surface area contributed by atoms with Crippen molar-refractivity contribution in [2.24, 2.45) is 0 Å². The molecule has 1 aliphatic heterocycles. The summed E-state index contributed by atoms with van der Waals surface area (Å²) in [6.45, 7) is 2.26. The Morgan fingerprint density at radius 3 is 2.57 bits per heavy atom. The van der Waals surface area contributed by atoms with Gasteiger partial charge in [-0.15, -0.1) is 10.2 Å². The number of carbonyl (C=O) groups excluding carboxylic acids is 1. The fraction of sp³-hybridized carbons (Fsp3) is 0.348. The fourth-order valence-corrected chi connectivity index (χ4v) is 3.76. The van der Waals surface area contributed by atoms with Crippen LogP contribution in [0.4, 0.5) is 23.7 Å². The van der Waals surface area contributed by atoms with Crippen LogP contribution < -0.4 is 15.1 Å². The molecule has 0 radical (unpaired) electrons. The average molecular weight is 490 g/mol. The molecular formula is C23H25F3N6O3. The molecule has 0 spiro atoms. The van der Waals surface area contributed by atoms with Crippen LogP contribution in [0.3, 0.4) is 0 Å². The Hall–Kier alpha value is -3.64. The van der Waals surface area contributed by atoms with E-state index < -0.39 is 18.1 Å². The Balaban J connectivity index is 1.60. The molecule has 1 N–H and O–H groups in total. The van der Waals surface area contributed by atoms with Crippen molar-refractivity contribution in [3.63, 3.8) is 0 Å². The molecule has 2 amide bonds. The SMILES string of the molecule is CNN1CCN(C(=O)N(Cc2ccc(-c3nnc(C(F)F)o3)cc2F)c2cccc(OC)c2)CC1. The summed E-state index contributed by atoms with van der Waals surface area (Å²) in [6.07, 6.45) is -2.92. The number of anilines is 1. The highest BCUT2D eigenvalue weighted by Gasteiger charge is 2.27. The van der Waals surface area contributed by atoms with Crippen molar-refractivity contribution in [3.8, 4) is 17.2 Å². The van der Waals surface area contributed by atoms with Crippen LogP contribution in [0.1, 0.15) is 17.9 Å². The minimum atomic E-state index is -2.92. The number of hydrazine groups is 1. The standard InChI is InChI=1S/C23H25F3N6O3/c1-27-31-10-8-30(9-11-31)23(33)32(17-4-3-5-18(13-17)34-2)14-16-7-6-15(12-19(16)24)21-28-29-22(35-21)20(25)26/h3-7,12-13,20,27H,8-11,14H2,1-2H3. The lowest BCUT2D eigenvalue weighted by Crippen LogP contribution is -2.55. The molecule has 1 aromatic heterocycles. The molecule has 0 atom stereocenters. The number of carbonyl (C=O) groups is 1. The molecule has 0 bridgehead atoms. The van der Waals surface area contributed by atoms with E-state index in [2.05, 4.69) is 15.6 Å². The van der Waals surface area contributed by atoms with Crippen LogP contribution in [-0.2, 0) is 6.54 Å². The third-order valence-corrected chi connectivity index (χ3v) is 5.72. The molecule has 1 saturated heterocycles. The fourth-order valence-electron chi connectivity index (χ4n) is 3.76. The first kappa shape index (κ1) is 24.5. The summed E-state index contributed by atoms with van der Waals surface area (Å²) in [5.41, 5.74) is 4.01. The van der Waals surface area contributed by atoms with Crippen molar-refractivity contribution >= 4 is 11.7 Å². The quantitative estimate of drug-likeness (QED) is 0.541. The van der Waals surface area contributed by atoms with Gasteiger partial charge in [0.05, 0.1) is 13.7 Å². The molecule has 9 nitrogen and oxygen atoms in total. The molecule has 1 fully saturated rings. The number of amides is 2. The number of nitrogens with zero attached hydrogens (tertiary/aromatic N) is 5. The van der Waals surface area contributed by atoms with Gasteiger partial charge < -0.3 is 14.1 Å². The monoisotopic (exact) mass is 490 g/mol. The Kier molecular flexibility index (Phi) is 7.51. The number of benzene rings is 2. The number of ether oxygens (including phenoxy) is 1. The molecule has 2 aromatic carbocycles. The van der Waals surface area contributed by atoms with Gasteiger partial charge in [0.15, 0.2) is 0 Å². The summed E-state index contributed by atoms with van der Waals surface area (Å²) in [5.74, 6) is -1.13. The summed E-state index contributed by atoms with van der Waals surface area (Å²) in [5, 5.41) is 8.83. The number of piperazine rings is 1. The molecule has 0 saturated carbocycles. The lowest BCUT2D eigenvalue weighted by molar-refractivity contribution is 0.114. The van der Waals surface area contributed by atoms with E-state index in [1.165, 1.54) is 24.1 Å². The van der Waals surface area contributed by atoms with E-state index in [0.717, 1.165) is 6.07 Å². The number of hydrogen-bond acceptors (Lipinski definition) is 7. The second-order valence-corrected chi connectivity index (χ2v) is 7.82. The van der Waals surface area contributed by atoms with E-state index >= 15 is 4.39 Å². The van der Waals surface area contributed by atoms with E-state index in [4.69, 9.17) is 9.15 Å². The number of halogens is 3. The van der Waals surface area contributed by atoms with Gasteiger partial charge >= 0.3 is 12.5 Å². The van der Waals surface area contributed by atoms with Crippen LogP contribution in [0.5, 0.6) is 5.75 Å². The van der Waals surface area contributed by atoms with Crippen molar-refractivity contribution in [3.05, 3.63) is 59.7 Å². The largest absolute Gasteiger partial charge is 0.497 e. The minimum absolute atomic E-state index is 0.0591. The Bertz CT molecular complexity index is 1170. The molecule has 186 valence electrons. The van der Waals surface area contributed by atoms with Gasteiger partial charge in [0, 0.05) is 49.1 Å². The smallest absolute Gasteiger partial charge is 0.324 e. The highest BCUT2D eigenvalue weighted by molar-refractivity contribution is 5.92. The topological polar surface area (TPSA) is 87.0 Å². The van der Waals surface area contributed by atoms with Gasteiger partial charge in [-0.3, -0.25) is 10.3 Å². The van der Waals surface area contributed by atoms with Crippen LogP contribution in [-0.4, -0.2) is 66.5 Å². The third kappa shape index (κ3) is 5.54. The number of rotatable bonds is 7. The number of methoxy groups -OCH3 is 1. The maximum absolute atomic E-state index is 15.1. The van der Waals surface area contributed by atoms with Gasteiger partial charge in [0.2, 0.25) is 5.89 Å². The van der Waals surface area contributed by atoms with Gasteiger partial charge in [0.25, 0.3) is 5.89 Å². The Morgan fingerprint density at radius 1 is 1.17 bits per heavy atom. The zero-order valence-corrected chi connectivity index (χ0v) is 19.2. The zero-order valence-electron chi connectivity index (χ0n) is 19.2. The third-order valence-electron chi connectivity index (χ3n) is 5.72. The molecule has 0 aliphatic carbocycles. The van der Waals surface area contributed by atoms with Gasteiger partial charge in [-0.25, -0.2) is 14.2 Å². The molecule has 35 heavy (non-hydrogen) atoms. The summed E-state index contributed by atoms with van der Waals surface area (Å²) in [6, 6.07) is 10.8. The van der Waals surface area contributed by atoms with Crippen molar-refractivity contribution in [1.29, 1.82) is 0 Å². The highest BCUT2D eigenvalue weighted by Crippen LogP contribution is 2.28. The predicted octanol–water partition coefficient (Wildman–Crippen LogP) is 3.70. The molecule has 4 rings (SSSR count). The summed E-state index contributed by atoms with van der Waals surface area (Å²) in [4.78, 5) is 16.7. The van der Waals surface area contributed by atoms with Crippen LogP contribution >= 0.6 is 0 Å². The number of urea groups is 1. The number of alkyl halides is 2. The number of aromatic nitrogens is 2. The van der Waals surface area contributed by atoms with E-state index in [1.807, 2.05) is 12.1 Å². The molecule has 0 unspecified atom stereocenters. The summed E-state index contributed by atoms with van der Waals surface area (Å²) >= 11 is 0. The van der Waals surface area contributed by atoms with Gasteiger partial charge in [-0.05, 0) is 31.3 Å². The average Bonchev–Trinajstić information content (AvgIpc) is 3.38. The first-order valence-electron chi connectivity index (χ1n) is 10.9. The van der Waals surface area contributed by atoms with E-state index in [1.54, 1.807) is 29.2 Å². The van der Waals surface area contributed by atoms with E-state index in [-0.39, 0.29) is 29.6 Å². The second kappa shape index (κ2) is 10.7. The van der Waals surface area contributed by atoms with Gasteiger partial charge in [0.1, 0.15) is 11.6 Å². The number of nitrogens with one attached hydrogen (secondary N) is 1. The normalized spacial score (nSPS) is 14.4.